The molecule has 0 aliphatic carbocycles. The van der Waals surface area contributed by atoms with Crippen LogP contribution in [0.25, 0.3) is 0 Å². The Morgan fingerprint density at radius 3 is 2.79 bits per heavy atom. The largest absolute Gasteiger partial charge is 0.268 e. The summed E-state index contributed by atoms with van der Waals surface area (Å²) < 4.78 is 30.9. The number of amides is 1. The number of rotatable bonds is 2. The number of benzene rings is 1. The standard InChI is InChI=1S/C9H11NO3S/c1-7-4-3-5-8(6-7)9(11)10-14(2,12)13/h3-6H,1-2H3,(H,10,11)/i5D. The molecule has 0 unspecified atom stereocenters. The van der Waals surface area contributed by atoms with E-state index in [0.717, 1.165) is 11.8 Å². The maximum absolute atomic E-state index is 11.4. The molecule has 1 N–H and O–H groups in total. The molecule has 1 rings (SSSR count). The quantitative estimate of drug-likeness (QED) is 0.787. The van der Waals surface area contributed by atoms with Gasteiger partial charge in [-0.05, 0) is 19.0 Å². The summed E-state index contributed by atoms with van der Waals surface area (Å²) in [6, 6.07) is 4.61. The summed E-state index contributed by atoms with van der Waals surface area (Å²) in [6.07, 6.45) is 0.893. The van der Waals surface area contributed by atoms with Crippen LogP contribution < -0.4 is 4.72 Å². The Bertz CT molecular complexity index is 496. The average molecular weight is 214 g/mol. The summed E-state index contributed by atoms with van der Waals surface area (Å²) in [7, 11) is -3.58. The molecule has 0 aliphatic heterocycles. The van der Waals surface area contributed by atoms with E-state index in [1.165, 1.54) is 12.1 Å². The zero-order valence-electron chi connectivity index (χ0n) is 8.87. The van der Waals surface area contributed by atoms with Crippen molar-refractivity contribution in [1.29, 1.82) is 0 Å². The van der Waals surface area contributed by atoms with Gasteiger partial charge < -0.3 is 0 Å². The van der Waals surface area contributed by atoms with Gasteiger partial charge in [-0.1, -0.05) is 17.7 Å². The first-order chi connectivity index (χ1) is 6.79. The van der Waals surface area contributed by atoms with Crippen molar-refractivity contribution in [3.8, 4) is 0 Å². The minimum Gasteiger partial charge on any atom is -0.268 e. The fourth-order valence-electron chi connectivity index (χ4n) is 0.935. The molecule has 0 aromatic heterocycles. The fraction of sp³-hybridized carbons (Fsp3) is 0.222. The maximum Gasteiger partial charge on any atom is 0.264 e. The van der Waals surface area contributed by atoms with E-state index >= 15 is 0 Å². The highest BCUT2D eigenvalue weighted by atomic mass is 32.2. The first kappa shape index (κ1) is 9.21. The van der Waals surface area contributed by atoms with Crippen molar-refractivity contribution in [2.24, 2.45) is 0 Å². The van der Waals surface area contributed by atoms with Gasteiger partial charge in [0.2, 0.25) is 10.0 Å². The van der Waals surface area contributed by atoms with E-state index < -0.39 is 15.9 Å². The Labute approximate surface area is 84.4 Å². The second-order valence-corrected chi connectivity index (χ2v) is 4.73. The number of hydrogen-bond acceptors (Lipinski definition) is 3. The first-order valence-corrected chi connectivity index (χ1v) is 5.78. The lowest BCUT2D eigenvalue weighted by Gasteiger charge is -2.02. The van der Waals surface area contributed by atoms with Crippen molar-refractivity contribution in [3.05, 3.63) is 35.4 Å². The summed E-state index contributed by atoms with van der Waals surface area (Å²) in [5.41, 5.74) is 0.852. The molecule has 0 spiro atoms. The molecule has 0 fully saturated rings. The molecule has 1 aromatic rings. The molecular formula is C9H11NO3S. The lowest BCUT2D eigenvalue weighted by atomic mass is 10.1. The molecule has 0 heterocycles. The number of carbonyl (C=O) groups excluding carboxylic acids is 1. The van der Waals surface area contributed by atoms with E-state index in [0.29, 0.717) is 0 Å². The zero-order valence-corrected chi connectivity index (χ0v) is 8.68. The van der Waals surface area contributed by atoms with E-state index in [2.05, 4.69) is 0 Å². The maximum atomic E-state index is 11.4. The molecule has 1 aromatic carbocycles. The second-order valence-electron chi connectivity index (χ2n) is 2.98. The summed E-state index contributed by atoms with van der Waals surface area (Å²) >= 11 is 0. The summed E-state index contributed by atoms with van der Waals surface area (Å²) in [5.74, 6) is -0.772. The predicted molar refractivity (Wildman–Crippen MR) is 53.5 cm³/mol. The molecule has 0 bridgehead atoms. The topological polar surface area (TPSA) is 63.2 Å². The fourth-order valence-corrected chi connectivity index (χ4v) is 1.38. The monoisotopic (exact) mass is 214 g/mol. The molecule has 5 heteroatoms. The molecular weight excluding hydrogens is 202 g/mol. The number of carbonyl (C=O) groups is 1. The molecule has 0 radical (unpaired) electrons. The van der Waals surface area contributed by atoms with Crippen molar-refractivity contribution in [3.63, 3.8) is 0 Å². The Kier molecular flexibility index (Phi) is 2.49. The highest BCUT2D eigenvalue weighted by Crippen LogP contribution is 2.03. The third-order valence-electron chi connectivity index (χ3n) is 1.48. The number of nitrogens with one attached hydrogen (secondary N) is 1. The summed E-state index contributed by atoms with van der Waals surface area (Å²) in [5, 5.41) is 0. The molecule has 76 valence electrons. The number of hydrogen-bond donors (Lipinski definition) is 1. The van der Waals surface area contributed by atoms with Gasteiger partial charge in [-0.15, -0.1) is 0 Å². The highest BCUT2D eigenvalue weighted by molar-refractivity contribution is 7.89. The summed E-state index contributed by atoms with van der Waals surface area (Å²) in [4.78, 5) is 11.4. The normalized spacial score (nSPS) is 12.0. The van der Waals surface area contributed by atoms with Crippen LogP contribution in [-0.4, -0.2) is 20.6 Å². The molecule has 0 atom stereocenters. The Morgan fingerprint density at radius 2 is 2.21 bits per heavy atom. The Hall–Kier alpha value is -1.36. The summed E-state index contributed by atoms with van der Waals surface area (Å²) in [6.45, 7) is 1.76. The molecule has 14 heavy (non-hydrogen) atoms. The van der Waals surface area contributed by atoms with E-state index in [1.54, 1.807) is 13.0 Å². The SMILES string of the molecule is [2H]c1ccc(C)cc1C(=O)NS(C)(=O)=O. The van der Waals surface area contributed by atoms with Crippen molar-refractivity contribution in [2.75, 3.05) is 6.26 Å². The second kappa shape index (κ2) is 3.79. The van der Waals surface area contributed by atoms with Gasteiger partial charge in [0.05, 0.1) is 7.63 Å². The highest BCUT2D eigenvalue weighted by Gasteiger charge is 2.10. The van der Waals surface area contributed by atoms with Crippen LogP contribution in [0.5, 0.6) is 0 Å². The van der Waals surface area contributed by atoms with Crippen LogP contribution in [0.3, 0.4) is 0 Å². The molecule has 0 saturated heterocycles. The first-order valence-electron chi connectivity index (χ1n) is 4.39. The van der Waals surface area contributed by atoms with Crippen LogP contribution in [0.15, 0.2) is 24.2 Å². The lowest BCUT2D eigenvalue weighted by molar-refractivity contribution is 0.0981. The lowest BCUT2D eigenvalue weighted by Crippen LogP contribution is -2.29. The minimum atomic E-state index is -3.58. The zero-order chi connectivity index (χ0) is 11.6. The minimum absolute atomic E-state index is 0.00162. The third kappa shape index (κ3) is 3.18. The van der Waals surface area contributed by atoms with Gasteiger partial charge in [-0.2, -0.15) is 0 Å². The van der Waals surface area contributed by atoms with Crippen LogP contribution in [-0.2, 0) is 10.0 Å². The molecule has 0 aliphatic rings. The van der Waals surface area contributed by atoms with Crippen molar-refractivity contribution >= 4 is 15.9 Å². The number of aryl methyl sites for hydroxylation is 1. The van der Waals surface area contributed by atoms with Crippen LogP contribution in [0.2, 0.25) is 0 Å². The third-order valence-corrected chi connectivity index (χ3v) is 2.04. The van der Waals surface area contributed by atoms with Crippen LogP contribution in [0.1, 0.15) is 17.3 Å². The number of sulfonamides is 1. The smallest absolute Gasteiger partial charge is 0.264 e. The molecule has 4 nitrogen and oxygen atoms in total. The Balaban J connectivity index is 3.06. The van der Waals surface area contributed by atoms with Gasteiger partial charge in [0.1, 0.15) is 0 Å². The van der Waals surface area contributed by atoms with E-state index in [4.69, 9.17) is 1.37 Å². The van der Waals surface area contributed by atoms with Crippen LogP contribution >= 0.6 is 0 Å². The average Bonchev–Trinajstić information content (AvgIpc) is 2.06. The van der Waals surface area contributed by atoms with Gasteiger partial charge >= 0.3 is 0 Å². The van der Waals surface area contributed by atoms with Gasteiger partial charge in [0.25, 0.3) is 5.91 Å². The van der Waals surface area contributed by atoms with Gasteiger partial charge in [0, 0.05) is 5.56 Å². The van der Waals surface area contributed by atoms with Crippen LogP contribution in [0.4, 0.5) is 0 Å². The molecule has 1 amide bonds. The predicted octanol–water partition coefficient (Wildman–Crippen LogP) is 0.684. The van der Waals surface area contributed by atoms with E-state index in [1.807, 2.05) is 4.72 Å². The molecule has 0 saturated carbocycles. The van der Waals surface area contributed by atoms with E-state index in [-0.39, 0.29) is 11.6 Å². The van der Waals surface area contributed by atoms with Gasteiger partial charge in [-0.25, -0.2) is 13.1 Å². The van der Waals surface area contributed by atoms with Gasteiger partial charge in [0.15, 0.2) is 0 Å². The van der Waals surface area contributed by atoms with Crippen molar-refractivity contribution in [2.45, 2.75) is 6.92 Å². The van der Waals surface area contributed by atoms with Gasteiger partial charge in [-0.3, -0.25) is 4.79 Å². The van der Waals surface area contributed by atoms with Crippen LogP contribution in [0, 0.1) is 6.92 Å². The Morgan fingerprint density at radius 1 is 1.57 bits per heavy atom. The van der Waals surface area contributed by atoms with Crippen molar-refractivity contribution in [1.82, 2.24) is 4.72 Å². The van der Waals surface area contributed by atoms with E-state index in [9.17, 15) is 13.2 Å². The van der Waals surface area contributed by atoms with Crippen molar-refractivity contribution < 1.29 is 14.6 Å².